The maximum absolute atomic E-state index is 4.32. The van der Waals surface area contributed by atoms with Crippen LogP contribution in [0.15, 0.2) is 18.3 Å². The molecule has 0 aliphatic carbocycles. The van der Waals surface area contributed by atoms with Crippen LogP contribution >= 0.6 is 0 Å². The maximum Gasteiger partial charge on any atom is 0.126 e. The standard InChI is InChI=1S/C15H25N3/c1-3-16-15-11-14(6-8-17-15)12-18-9-4-5-13(2)7-10-18/h6,8,11,13H,3-5,7,9-10,12H2,1-2H3,(H,16,17). The van der Waals surface area contributed by atoms with Gasteiger partial charge in [0.05, 0.1) is 0 Å². The summed E-state index contributed by atoms with van der Waals surface area (Å²) in [7, 11) is 0. The van der Waals surface area contributed by atoms with Crippen molar-refractivity contribution in [3.8, 4) is 0 Å². The molecule has 0 amide bonds. The monoisotopic (exact) mass is 247 g/mol. The predicted molar refractivity (Wildman–Crippen MR) is 76.7 cm³/mol. The summed E-state index contributed by atoms with van der Waals surface area (Å²) >= 11 is 0. The largest absolute Gasteiger partial charge is 0.370 e. The van der Waals surface area contributed by atoms with Gasteiger partial charge in [-0.15, -0.1) is 0 Å². The molecule has 0 saturated carbocycles. The van der Waals surface area contributed by atoms with Crippen molar-refractivity contribution in [1.29, 1.82) is 0 Å². The van der Waals surface area contributed by atoms with E-state index >= 15 is 0 Å². The quantitative estimate of drug-likeness (QED) is 0.886. The van der Waals surface area contributed by atoms with Gasteiger partial charge in [-0.3, -0.25) is 4.90 Å². The Hall–Kier alpha value is -1.09. The summed E-state index contributed by atoms with van der Waals surface area (Å²) in [6.45, 7) is 8.94. The number of aromatic nitrogens is 1. The fraction of sp³-hybridized carbons (Fsp3) is 0.667. The van der Waals surface area contributed by atoms with Gasteiger partial charge in [-0.25, -0.2) is 4.98 Å². The number of rotatable bonds is 4. The highest BCUT2D eigenvalue weighted by Crippen LogP contribution is 2.18. The first-order chi connectivity index (χ1) is 8.78. The minimum atomic E-state index is 0.893. The van der Waals surface area contributed by atoms with Gasteiger partial charge in [0.25, 0.3) is 0 Å². The molecule has 18 heavy (non-hydrogen) atoms. The summed E-state index contributed by atoms with van der Waals surface area (Å²) < 4.78 is 0. The van der Waals surface area contributed by atoms with Gasteiger partial charge in [0.1, 0.15) is 5.82 Å². The van der Waals surface area contributed by atoms with Gasteiger partial charge in [0, 0.05) is 19.3 Å². The van der Waals surface area contributed by atoms with E-state index in [1.54, 1.807) is 0 Å². The summed E-state index contributed by atoms with van der Waals surface area (Å²) in [5.74, 6) is 1.89. The van der Waals surface area contributed by atoms with Gasteiger partial charge in [-0.2, -0.15) is 0 Å². The number of anilines is 1. The van der Waals surface area contributed by atoms with Crippen LogP contribution in [0.4, 0.5) is 5.82 Å². The van der Waals surface area contributed by atoms with Gasteiger partial charge < -0.3 is 5.32 Å². The van der Waals surface area contributed by atoms with Crippen molar-refractivity contribution in [2.24, 2.45) is 5.92 Å². The lowest BCUT2D eigenvalue weighted by molar-refractivity contribution is 0.273. The Bertz CT molecular complexity index is 365. The third-order valence-electron chi connectivity index (χ3n) is 3.70. The first-order valence-electron chi connectivity index (χ1n) is 7.19. The van der Waals surface area contributed by atoms with E-state index in [0.29, 0.717) is 0 Å². The third-order valence-corrected chi connectivity index (χ3v) is 3.70. The molecule has 1 saturated heterocycles. The number of nitrogens with zero attached hydrogens (tertiary/aromatic N) is 2. The fourth-order valence-corrected chi connectivity index (χ4v) is 2.59. The first kappa shape index (κ1) is 13.3. The molecule has 2 rings (SSSR count). The van der Waals surface area contributed by atoms with E-state index in [1.807, 2.05) is 6.20 Å². The summed E-state index contributed by atoms with van der Waals surface area (Å²) in [6.07, 6.45) is 5.97. The molecule has 1 atom stereocenters. The van der Waals surface area contributed by atoms with Gasteiger partial charge in [0.2, 0.25) is 0 Å². The molecule has 1 aromatic heterocycles. The van der Waals surface area contributed by atoms with Crippen LogP contribution < -0.4 is 5.32 Å². The number of pyridine rings is 1. The Morgan fingerprint density at radius 3 is 3.11 bits per heavy atom. The van der Waals surface area contributed by atoms with Gasteiger partial charge >= 0.3 is 0 Å². The predicted octanol–water partition coefficient (Wildman–Crippen LogP) is 3.14. The second-order valence-electron chi connectivity index (χ2n) is 5.39. The Kier molecular flexibility index (Phi) is 5.00. The summed E-state index contributed by atoms with van der Waals surface area (Å²) in [4.78, 5) is 6.90. The van der Waals surface area contributed by atoms with Crippen molar-refractivity contribution in [2.75, 3.05) is 25.0 Å². The van der Waals surface area contributed by atoms with Crippen molar-refractivity contribution in [3.63, 3.8) is 0 Å². The van der Waals surface area contributed by atoms with Crippen molar-refractivity contribution in [3.05, 3.63) is 23.9 Å². The number of hydrogen-bond acceptors (Lipinski definition) is 3. The van der Waals surface area contributed by atoms with E-state index in [-0.39, 0.29) is 0 Å². The molecule has 1 aliphatic heterocycles. The van der Waals surface area contributed by atoms with Crippen molar-refractivity contribution >= 4 is 5.82 Å². The Morgan fingerprint density at radius 2 is 2.28 bits per heavy atom. The molecule has 2 heterocycles. The molecular formula is C15H25N3. The molecule has 0 aromatic carbocycles. The smallest absolute Gasteiger partial charge is 0.126 e. The van der Waals surface area contributed by atoms with E-state index in [1.165, 1.54) is 37.9 Å². The summed E-state index contributed by atoms with van der Waals surface area (Å²) in [5.41, 5.74) is 1.37. The molecule has 1 N–H and O–H groups in total. The molecule has 1 aromatic rings. The van der Waals surface area contributed by atoms with Crippen LogP contribution in [-0.4, -0.2) is 29.5 Å². The van der Waals surface area contributed by atoms with E-state index in [0.717, 1.165) is 24.8 Å². The van der Waals surface area contributed by atoms with Crippen LogP contribution in [0, 0.1) is 5.92 Å². The zero-order valence-corrected chi connectivity index (χ0v) is 11.7. The van der Waals surface area contributed by atoms with Gasteiger partial charge in [0.15, 0.2) is 0 Å². The Morgan fingerprint density at radius 1 is 1.39 bits per heavy atom. The SMILES string of the molecule is CCNc1cc(CN2CCCC(C)CC2)ccn1. The molecular weight excluding hydrogens is 222 g/mol. The molecule has 1 fully saturated rings. The molecule has 100 valence electrons. The second-order valence-corrected chi connectivity index (χ2v) is 5.39. The molecule has 0 spiro atoms. The van der Waals surface area contributed by atoms with Crippen LogP contribution in [0.2, 0.25) is 0 Å². The van der Waals surface area contributed by atoms with E-state index in [2.05, 4.69) is 41.2 Å². The molecule has 1 unspecified atom stereocenters. The van der Waals surface area contributed by atoms with Gasteiger partial charge in [-0.1, -0.05) is 6.92 Å². The van der Waals surface area contributed by atoms with Crippen LogP contribution in [0.25, 0.3) is 0 Å². The fourth-order valence-electron chi connectivity index (χ4n) is 2.59. The van der Waals surface area contributed by atoms with Crippen LogP contribution in [0.1, 0.15) is 38.7 Å². The van der Waals surface area contributed by atoms with E-state index < -0.39 is 0 Å². The topological polar surface area (TPSA) is 28.2 Å². The summed E-state index contributed by atoms with van der Waals surface area (Å²) in [5, 5.41) is 3.27. The second kappa shape index (κ2) is 6.74. The minimum absolute atomic E-state index is 0.893. The van der Waals surface area contributed by atoms with Crippen molar-refractivity contribution in [1.82, 2.24) is 9.88 Å². The molecule has 0 radical (unpaired) electrons. The Balaban J connectivity index is 1.93. The van der Waals surface area contributed by atoms with E-state index in [4.69, 9.17) is 0 Å². The summed E-state index contributed by atoms with van der Waals surface area (Å²) in [6, 6.07) is 4.31. The molecule has 3 heteroatoms. The van der Waals surface area contributed by atoms with Gasteiger partial charge in [-0.05, 0) is 62.9 Å². The van der Waals surface area contributed by atoms with Crippen molar-refractivity contribution in [2.45, 2.75) is 39.7 Å². The lowest BCUT2D eigenvalue weighted by Crippen LogP contribution is -2.24. The van der Waals surface area contributed by atoms with E-state index in [9.17, 15) is 0 Å². The van der Waals surface area contributed by atoms with Crippen LogP contribution in [-0.2, 0) is 6.54 Å². The highest BCUT2D eigenvalue weighted by molar-refractivity contribution is 5.37. The zero-order valence-electron chi connectivity index (χ0n) is 11.7. The molecule has 0 bridgehead atoms. The number of likely N-dealkylation sites (tertiary alicyclic amines) is 1. The average Bonchev–Trinajstić information content (AvgIpc) is 2.56. The number of hydrogen-bond donors (Lipinski definition) is 1. The van der Waals surface area contributed by atoms with Crippen LogP contribution in [0.3, 0.4) is 0 Å². The average molecular weight is 247 g/mol. The zero-order chi connectivity index (χ0) is 12.8. The molecule has 1 aliphatic rings. The normalized spacial score (nSPS) is 21.6. The lowest BCUT2D eigenvalue weighted by Gasteiger charge is -2.20. The lowest BCUT2D eigenvalue weighted by atomic mass is 10.0. The number of nitrogens with one attached hydrogen (secondary N) is 1. The first-order valence-corrected chi connectivity index (χ1v) is 7.19. The maximum atomic E-state index is 4.32. The molecule has 3 nitrogen and oxygen atoms in total. The third kappa shape index (κ3) is 3.98. The van der Waals surface area contributed by atoms with Crippen LogP contribution in [0.5, 0.6) is 0 Å². The highest BCUT2D eigenvalue weighted by Gasteiger charge is 2.13. The van der Waals surface area contributed by atoms with Crippen molar-refractivity contribution < 1.29 is 0 Å². The minimum Gasteiger partial charge on any atom is -0.370 e. The highest BCUT2D eigenvalue weighted by atomic mass is 15.1. The Labute approximate surface area is 111 Å².